The van der Waals surface area contributed by atoms with Gasteiger partial charge in [-0.2, -0.15) is 0 Å². The van der Waals surface area contributed by atoms with Crippen LogP contribution in [0.1, 0.15) is 71.2 Å². The molecule has 1 saturated carbocycles. The van der Waals surface area contributed by atoms with Crippen molar-refractivity contribution in [2.75, 3.05) is 7.11 Å². The Morgan fingerprint density at radius 2 is 1.81 bits per heavy atom. The number of methoxy groups -OCH3 is 1. The molecule has 4 rings (SSSR count). The minimum Gasteiger partial charge on any atom is -0.465 e. The molecule has 0 spiro atoms. The Hall–Kier alpha value is -2.92. The number of esters is 1. The molecule has 162 valence electrons. The number of rotatable bonds is 8. The Morgan fingerprint density at radius 1 is 1.06 bits per heavy atom. The van der Waals surface area contributed by atoms with Crippen LogP contribution in [0.3, 0.4) is 0 Å². The van der Waals surface area contributed by atoms with E-state index < -0.39 is 0 Å². The second-order valence-electron chi connectivity index (χ2n) is 8.25. The summed E-state index contributed by atoms with van der Waals surface area (Å²) in [5.41, 5.74) is 4.17. The molecule has 31 heavy (non-hydrogen) atoms. The SMILES string of the molecule is COC(=O)c1ccc(COC(Cn2ccnc2)c2ccc(C3CCCCC3)cc2)cc1. The molecule has 5 nitrogen and oxygen atoms in total. The van der Waals surface area contributed by atoms with Gasteiger partial charge >= 0.3 is 5.97 Å². The van der Waals surface area contributed by atoms with Crippen molar-refractivity contribution in [3.8, 4) is 0 Å². The smallest absolute Gasteiger partial charge is 0.337 e. The van der Waals surface area contributed by atoms with Gasteiger partial charge in [0.15, 0.2) is 0 Å². The van der Waals surface area contributed by atoms with Crippen molar-refractivity contribution >= 4 is 5.97 Å². The minimum atomic E-state index is -0.330. The van der Waals surface area contributed by atoms with E-state index in [1.54, 1.807) is 18.3 Å². The number of nitrogens with zero attached hydrogens (tertiary/aromatic N) is 2. The second-order valence-corrected chi connectivity index (χ2v) is 8.25. The number of benzene rings is 2. The van der Waals surface area contributed by atoms with Crippen LogP contribution in [0.5, 0.6) is 0 Å². The normalized spacial score (nSPS) is 15.5. The maximum Gasteiger partial charge on any atom is 0.337 e. The Morgan fingerprint density at radius 3 is 2.45 bits per heavy atom. The maximum atomic E-state index is 11.6. The van der Waals surface area contributed by atoms with E-state index in [1.807, 2.05) is 29.2 Å². The number of hydrogen-bond acceptors (Lipinski definition) is 4. The van der Waals surface area contributed by atoms with E-state index in [-0.39, 0.29) is 12.1 Å². The van der Waals surface area contributed by atoms with Crippen LogP contribution in [0.2, 0.25) is 0 Å². The lowest BCUT2D eigenvalue weighted by Crippen LogP contribution is -2.12. The fourth-order valence-electron chi connectivity index (χ4n) is 4.31. The summed E-state index contributed by atoms with van der Waals surface area (Å²) in [5.74, 6) is 0.368. The lowest BCUT2D eigenvalue weighted by atomic mass is 9.84. The number of imidazole rings is 1. The summed E-state index contributed by atoms with van der Waals surface area (Å²) in [6, 6.07) is 16.3. The van der Waals surface area contributed by atoms with Crippen molar-refractivity contribution in [3.63, 3.8) is 0 Å². The first-order valence-corrected chi connectivity index (χ1v) is 11.1. The van der Waals surface area contributed by atoms with E-state index in [1.165, 1.54) is 50.3 Å². The highest BCUT2D eigenvalue weighted by molar-refractivity contribution is 5.89. The Labute approximate surface area is 184 Å². The van der Waals surface area contributed by atoms with E-state index in [0.29, 0.717) is 24.6 Å². The van der Waals surface area contributed by atoms with Gasteiger partial charge in [0.1, 0.15) is 6.10 Å². The van der Waals surface area contributed by atoms with Gasteiger partial charge in [-0.15, -0.1) is 0 Å². The van der Waals surface area contributed by atoms with Crippen molar-refractivity contribution < 1.29 is 14.3 Å². The number of aromatic nitrogens is 2. The highest BCUT2D eigenvalue weighted by Gasteiger charge is 2.18. The number of hydrogen-bond donors (Lipinski definition) is 0. The number of ether oxygens (including phenoxy) is 2. The molecular formula is C26H30N2O3. The van der Waals surface area contributed by atoms with Crippen LogP contribution >= 0.6 is 0 Å². The molecule has 1 aliphatic rings. The van der Waals surface area contributed by atoms with E-state index in [9.17, 15) is 4.79 Å². The quantitative estimate of drug-likeness (QED) is 0.442. The van der Waals surface area contributed by atoms with Gasteiger partial charge in [-0.1, -0.05) is 55.7 Å². The van der Waals surface area contributed by atoms with Gasteiger partial charge in [0, 0.05) is 12.4 Å². The van der Waals surface area contributed by atoms with Crippen LogP contribution in [0.4, 0.5) is 0 Å². The third-order valence-corrected chi connectivity index (χ3v) is 6.15. The molecule has 2 aromatic carbocycles. The summed E-state index contributed by atoms with van der Waals surface area (Å²) >= 11 is 0. The zero-order valence-corrected chi connectivity index (χ0v) is 18.1. The zero-order chi connectivity index (χ0) is 21.5. The van der Waals surface area contributed by atoms with Crippen molar-refractivity contribution in [2.24, 2.45) is 0 Å². The number of carbonyl (C=O) groups excluding carboxylic acids is 1. The van der Waals surface area contributed by atoms with Gasteiger partial charge in [-0.05, 0) is 47.6 Å². The predicted molar refractivity (Wildman–Crippen MR) is 120 cm³/mol. The molecule has 0 bridgehead atoms. The van der Waals surface area contributed by atoms with E-state index in [4.69, 9.17) is 9.47 Å². The van der Waals surface area contributed by atoms with Crippen molar-refractivity contribution in [2.45, 2.75) is 57.3 Å². The van der Waals surface area contributed by atoms with E-state index >= 15 is 0 Å². The molecule has 3 aromatic rings. The molecule has 1 heterocycles. The Kier molecular flexibility index (Phi) is 7.15. The number of carbonyl (C=O) groups is 1. The highest BCUT2D eigenvalue weighted by atomic mass is 16.5. The van der Waals surface area contributed by atoms with Crippen molar-refractivity contribution in [1.29, 1.82) is 0 Å². The van der Waals surface area contributed by atoms with Gasteiger partial charge in [0.05, 0.1) is 32.2 Å². The standard InChI is InChI=1S/C26H30N2O3/c1-30-26(29)24-9-7-20(8-10-24)18-31-25(17-28-16-15-27-19-28)23-13-11-22(12-14-23)21-5-3-2-4-6-21/h7-16,19,21,25H,2-6,17-18H2,1H3. The first kappa shape index (κ1) is 21.3. The van der Waals surface area contributed by atoms with Crippen LogP contribution in [-0.2, 0) is 22.6 Å². The zero-order valence-electron chi connectivity index (χ0n) is 18.1. The summed E-state index contributed by atoms with van der Waals surface area (Å²) in [7, 11) is 1.39. The monoisotopic (exact) mass is 418 g/mol. The molecule has 1 unspecified atom stereocenters. The third-order valence-electron chi connectivity index (χ3n) is 6.15. The molecule has 1 aromatic heterocycles. The molecule has 1 fully saturated rings. The fourth-order valence-corrected chi connectivity index (χ4v) is 4.31. The maximum absolute atomic E-state index is 11.6. The molecule has 0 radical (unpaired) electrons. The average molecular weight is 419 g/mol. The molecule has 0 saturated heterocycles. The molecule has 0 N–H and O–H groups in total. The van der Waals surface area contributed by atoms with Crippen molar-refractivity contribution in [1.82, 2.24) is 9.55 Å². The Balaban J connectivity index is 1.46. The molecule has 0 amide bonds. The second kappa shape index (κ2) is 10.4. The minimum absolute atomic E-state index is 0.0881. The molecule has 1 aliphatic carbocycles. The van der Waals surface area contributed by atoms with Crippen LogP contribution in [0.25, 0.3) is 0 Å². The molecule has 1 atom stereocenters. The average Bonchev–Trinajstić information content (AvgIpc) is 3.35. The fraction of sp³-hybridized carbons (Fsp3) is 0.385. The van der Waals surface area contributed by atoms with Crippen molar-refractivity contribution in [3.05, 3.63) is 89.5 Å². The highest BCUT2D eigenvalue weighted by Crippen LogP contribution is 2.33. The predicted octanol–water partition coefficient (Wildman–Crippen LogP) is 5.68. The van der Waals surface area contributed by atoms with Gasteiger partial charge in [0.2, 0.25) is 0 Å². The van der Waals surface area contributed by atoms with Gasteiger partial charge < -0.3 is 14.0 Å². The van der Waals surface area contributed by atoms with Crippen LogP contribution in [0.15, 0.2) is 67.3 Å². The van der Waals surface area contributed by atoms with E-state index in [0.717, 1.165) is 5.56 Å². The van der Waals surface area contributed by atoms with Gasteiger partial charge in [0.25, 0.3) is 0 Å². The molecule has 5 heteroatoms. The van der Waals surface area contributed by atoms with Gasteiger partial charge in [-0.3, -0.25) is 0 Å². The first-order valence-electron chi connectivity index (χ1n) is 11.1. The van der Waals surface area contributed by atoms with E-state index in [2.05, 4.69) is 29.2 Å². The van der Waals surface area contributed by atoms with Gasteiger partial charge in [-0.25, -0.2) is 9.78 Å². The first-order chi connectivity index (χ1) is 15.2. The summed E-state index contributed by atoms with van der Waals surface area (Å²) in [6.07, 6.45) is 12.1. The third kappa shape index (κ3) is 5.61. The largest absolute Gasteiger partial charge is 0.465 e. The Bertz CT molecular complexity index is 943. The van der Waals surface area contributed by atoms with Crippen LogP contribution in [0, 0.1) is 0 Å². The summed E-state index contributed by atoms with van der Waals surface area (Å²) in [5, 5.41) is 0. The molecular weight excluding hydrogens is 388 g/mol. The summed E-state index contributed by atoms with van der Waals surface area (Å²) in [4.78, 5) is 15.8. The lowest BCUT2D eigenvalue weighted by molar-refractivity contribution is 0.0279. The van der Waals surface area contributed by atoms with Crippen LogP contribution < -0.4 is 0 Å². The summed E-state index contributed by atoms with van der Waals surface area (Å²) in [6.45, 7) is 1.16. The topological polar surface area (TPSA) is 53.4 Å². The molecule has 0 aliphatic heterocycles. The summed E-state index contributed by atoms with van der Waals surface area (Å²) < 4.78 is 13.1. The lowest BCUT2D eigenvalue weighted by Gasteiger charge is -2.23. The van der Waals surface area contributed by atoms with Crippen LogP contribution in [-0.4, -0.2) is 22.6 Å².